The SMILES string of the molecule is Br.C=C(C)C(=O)OCCNC(C)(C)CCCCCCCCCCCCCCCCC. The summed E-state index contributed by atoms with van der Waals surface area (Å²) in [5.74, 6) is -0.299. The van der Waals surface area contributed by atoms with Gasteiger partial charge in [-0.1, -0.05) is 110 Å². The van der Waals surface area contributed by atoms with E-state index < -0.39 is 0 Å². The van der Waals surface area contributed by atoms with Gasteiger partial charge in [-0.2, -0.15) is 0 Å². The zero-order valence-corrected chi connectivity index (χ0v) is 22.4. The number of esters is 1. The van der Waals surface area contributed by atoms with E-state index in [1.54, 1.807) is 6.92 Å². The lowest BCUT2D eigenvalue weighted by Crippen LogP contribution is -2.41. The smallest absolute Gasteiger partial charge is 0.333 e. The summed E-state index contributed by atoms with van der Waals surface area (Å²) in [5.41, 5.74) is 0.564. The maximum absolute atomic E-state index is 11.3. The third-order valence-electron chi connectivity index (χ3n) is 5.69. The van der Waals surface area contributed by atoms with Crippen LogP contribution in [0.2, 0.25) is 0 Å². The van der Waals surface area contributed by atoms with Gasteiger partial charge in [0.15, 0.2) is 0 Å². The molecule has 0 fully saturated rings. The van der Waals surface area contributed by atoms with Gasteiger partial charge in [-0.05, 0) is 27.2 Å². The van der Waals surface area contributed by atoms with Crippen molar-refractivity contribution in [1.29, 1.82) is 0 Å². The minimum atomic E-state index is -0.299. The summed E-state index contributed by atoms with van der Waals surface area (Å²) in [6, 6.07) is 0. The molecule has 0 aromatic rings. The second-order valence-electron chi connectivity index (χ2n) is 9.43. The molecule has 0 saturated heterocycles. The standard InChI is InChI=1S/C26H51NO2.BrH/c1-6-7-8-9-10-11-12-13-14-15-16-17-18-19-20-21-26(4,5)27-22-23-29-25(28)24(2)3;/h27H,2,6-23H2,1,3-5H3;1H. The van der Waals surface area contributed by atoms with Gasteiger partial charge < -0.3 is 10.1 Å². The Morgan fingerprint density at radius 2 is 1.20 bits per heavy atom. The molecule has 180 valence electrons. The first-order valence-electron chi connectivity index (χ1n) is 12.5. The topological polar surface area (TPSA) is 38.3 Å². The van der Waals surface area contributed by atoms with Crippen molar-refractivity contribution in [3.8, 4) is 0 Å². The van der Waals surface area contributed by atoms with Crippen molar-refractivity contribution in [2.75, 3.05) is 13.2 Å². The number of hydrogen-bond donors (Lipinski definition) is 1. The van der Waals surface area contributed by atoms with Crippen LogP contribution in [0.3, 0.4) is 0 Å². The maximum Gasteiger partial charge on any atom is 0.333 e. The van der Waals surface area contributed by atoms with Crippen LogP contribution < -0.4 is 5.32 Å². The molecule has 3 nitrogen and oxygen atoms in total. The van der Waals surface area contributed by atoms with Crippen molar-refractivity contribution in [1.82, 2.24) is 5.32 Å². The van der Waals surface area contributed by atoms with E-state index in [0.29, 0.717) is 18.7 Å². The lowest BCUT2D eigenvalue weighted by atomic mass is 9.96. The van der Waals surface area contributed by atoms with E-state index in [0.717, 1.165) is 0 Å². The molecular weight excluding hydrogens is 438 g/mol. The molecule has 1 N–H and O–H groups in total. The summed E-state index contributed by atoms with van der Waals surface area (Å²) in [6.45, 7) is 13.1. The molecule has 0 aromatic heterocycles. The number of ether oxygens (including phenoxy) is 1. The highest BCUT2D eigenvalue weighted by molar-refractivity contribution is 8.93. The first-order chi connectivity index (χ1) is 13.9. The Kier molecular flexibility index (Phi) is 23.2. The second kappa shape index (κ2) is 21.9. The summed E-state index contributed by atoms with van der Waals surface area (Å²) in [7, 11) is 0. The highest BCUT2D eigenvalue weighted by atomic mass is 79.9. The number of rotatable bonds is 21. The van der Waals surface area contributed by atoms with E-state index >= 15 is 0 Å². The fourth-order valence-corrected chi connectivity index (χ4v) is 3.68. The van der Waals surface area contributed by atoms with Crippen LogP contribution in [-0.2, 0) is 9.53 Å². The van der Waals surface area contributed by atoms with Gasteiger partial charge in [-0.25, -0.2) is 4.79 Å². The third-order valence-corrected chi connectivity index (χ3v) is 5.69. The van der Waals surface area contributed by atoms with Crippen LogP contribution in [0, 0.1) is 0 Å². The number of nitrogens with one attached hydrogen (secondary N) is 1. The minimum Gasteiger partial charge on any atom is -0.461 e. The van der Waals surface area contributed by atoms with Gasteiger partial charge in [-0.3, -0.25) is 0 Å². The van der Waals surface area contributed by atoms with Gasteiger partial charge in [-0.15, -0.1) is 17.0 Å². The van der Waals surface area contributed by atoms with Gasteiger partial charge in [0.1, 0.15) is 6.61 Å². The molecule has 0 unspecified atom stereocenters. The summed E-state index contributed by atoms with van der Waals surface area (Å²) in [5, 5.41) is 3.50. The summed E-state index contributed by atoms with van der Waals surface area (Å²) in [6.07, 6.45) is 22.2. The fraction of sp³-hybridized carbons (Fsp3) is 0.885. The zero-order chi connectivity index (χ0) is 21.8. The van der Waals surface area contributed by atoms with Crippen molar-refractivity contribution in [3.05, 3.63) is 12.2 Å². The Morgan fingerprint density at radius 1 is 0.800 bits per heavy atom. The fourth-order valence-electron chi connectivity index (χ4n) is 3.68. The summed E-state index contributed by atoms with van der Waals surface area (Å²) >= 11 is 0. The molecule has 0 aliphatic heterocycles. The molecule has 0 aliphatic carbocycles. The predicted octanol–water partition coefficient (Wildman–Crippen LogP) is 8.31. The zero-order valence-electron chi connectivity index (χ0n) is 20.7. The molecule has 30 heavy (non-hydrogen) atoms. The molecule has 4 heteroatoms. The van der Waals surface area contributed by atoms with Crippen LogP contribution in [0.5, 0.6) is 0 Å². The van der Waals surface area contributed by atoms with Crippen molar-refractivity contribution in [2.24, 2.45) is 0 Å². The van der Waals surface area contributed by atoms with Gasteiger partial charge in [0.05, 0.1) is 0 Å². The Balaban J connectivity index is 0. The molecular formula is C26H52BrNO2. The van der Waals surface area contributed by atoms with Gasteiger partial charge in [0, 0.05) is 17.7 Å². The molecule has 0 spiro atoms. The van der Waals surface area contributed by atoms with Crippen LogP contribution in [0.25, 0.3) is 0 Å². The largest absolute Gasteiger partial charge is 0.461 e. The van der Waals surface area contributed by atoms with Crippen LogP contribution in [0.15, 0.2) is 12.2 Å². The maximum atomic E-state index is 11.3. The average Bonchev–Trinajstić information content (AvgIpc) is 2.68. The first-order valence-corrected chi connectivity index (χ1v) is 12.5. The molecule has 0 aliphatic rings. The monoisotopic (exact) mass is 489 g/mol. The van der Waals surface area contributed by atoms with E-state index in [9.17, 15) is 4.79 Å². The summed E-state index contributed by atoms with van der Waals surface area (Å²) in [4.78, 5) is 11.3. The predicted molar refractivity (Wildman–Crippen MR) is 138 cm³/mol. The number of halogens is 1. The number of carbonyl (C=O) groups excluding carboxylic acids is 1. The van der Waals surface area contributed by atoms with Gasteiger partial charge in [0.25, 0.3) is 0 Å². The van der Waals surface area contributed by atoms with Crippen molar-refractivity contribution >= 4 is 23.0 Å². The van der Waals surface area contributed by atoms with Gasteiger partial charge >= 0.3 is 5.97 Å². The average molecular weight is 491 g/mol. The Hall–Kier alpha value is -0.350. The molecule has 0 radical (unpaired) electrons. The van der Waals surface area contributed by atoms with Crippen LogP contribution in [0.4, 0.5) is 0 Å². The molecule has 0 saturated carbocycles. The van der Waals surface area contributed by atoms with Crippen LogP contribution in [-0.4, -0.2) is 24.7 Å². The molecule has 0 amide bonds. The van der Waals surface area contributed by atoms with Gasteiger partial charge in [0.2, 0.25) is 0 Å². The van der Waals surface area contributed by atoms with Crippen LogP contribution in [0.1, 0.15) is 130 Å². The number of carbonyl (C=O) groups is 1. The van der Waals surface area contributed by atoms with Crippen molar-refractivity contribution in [2.45, 2.75) is 136 Å². The lowest BCUT2D eigenvalue weighted by Gasteiger charge is -2.26. The second-order valence-corrected chi connectivity index (χ2v) is 9.43. The highest BCUT2D eigenvalue weighted by Gasteiger charge is 2.16. The Morgan fingerprint density at radius 3 is 1.60 bits per heavy atom. The van der Waals surface area contributed by atoms with E-state index in [-0.39, 0.29) is 28.5 Å². The van der Waals surface area contributed by atoms with Crippen LogP contribution >= 0.6 is 17.0 Å². The van der Waals surface area contributed by atoms with Crippen molar-refractivity contribution in [3.63, 3.8) is 0 Å². The summed E-state index contributed by atoms with van der Waals surface area (Å²) < 4.78 is 5.13. The third kappa shape index (κ3) is 22.3. The first kappa shape index (κ1) is 31.8. The van der Waals surface area contributed by atoms with E-state index in [1.807, 2.05) is 0 Å². The quantitative estimate of drug-likeness (QED) is 0.0999. The van der Waals surface area contributed by atoms with E-state index in [2.05, 4.69) is 32.7 Å². The highest BCUT2D eigenvalue weighted by Crippen LogP contribution is 2.16. The minimum absolute atomic E-state index is 0. The van der Waals surface area contributed by atoms with E-state index in [4.69, 9.17) is 4.74 Å². The Bertz CT molecular complexity index is 410. The Labute approximate surface area is 199 Å². The van der Waals surface area contributed by atoms with E-state index in [1.165, 1.54) is 103 Å². The lowest BCUT2D eigenvalue weighted by molar-refractivity contribution is -0.138. The van der Waals surface area contributed by atoms with Crippen molar-refractivity contribution < 1.29 is 9.53 Å². The molecule has 0 bridgehead atoms. The number of unbranched alkanes of at least 4 members (excludes halogenated alkanes) is 14. The molecule has 0 atom stereocenters. The molecule has 0 heterocycles. The number of hydrogen-bond acceptors (Lipinski definition) is 3. The normalized spacial score (nSPS) is 11.2. The molecule has 0 aromatic carbocycles. The molecule has 0 rings (SSSR count).